The van der Waals surface area contributed by atoms with Gasteiger partial charge < -0.3 is 15.0 Å². The van der Waals surface area contributed by atoms with Crippen LogP contribution in [0.2, 0.25) is 0 Å². The Morgan fingerprint density at radius 1 is 1.27 bits per heavy atom. The lowest BCUT2D eigenvalue weighted by Gasteiger charge is -2.30. The molecule has 3 rings (SSSR count). The van der Waals surface area contributed by atoms with E-state index in [9.17, 15) is 9.59 Å². The highest BCUT2D eigenvalue weighted by Gasteiger charge is 2.28. The fourth-order valence-corrected chi connectivity index (χ4v) is 3.22. The number of fused-ring (bicyclic) bond motifs is 1. The van der Waals surface area contributed by atoms with Crippen LogP contribution in [-0.2, 0) is 9.59 Å². The number of likely N-dealkylation sites (tertiary alicyclic amines) is 1. The number of carbonyl (C=O) groups excluding carboxylic acids is 2. The van der Waals surface area contributed by atoms with Gasteiger partial charge >= 0.3 is 0 Å². The number of hydrogen-bond acceptors (Lipinski definition) is 3. The Balaban J connectivity index is 1.49. The number of piperidine rings is 1. The summed E-state index contributed by atoms with van der Waals surface area (Å²) in [7, 11) is 0. The average Bonchev–Trinajstić information content (AvgIpc) is 2.96. The first-order chi connectivity index (χ1) is 10.6. The first kappa shape index (κ1) is 14.9. The zero-order chi connectivity index (χ0) is 15.5. The minimum Gasteiger partial charge on any atom is -0.493 e. The van der Waals surface area contributed by atoms with E-state index < -0.39 is 0 Å². The molecule has 5 nitrogen and oxygen atoms in total. The minimum absolute atomic E-state index is 0.0214. The van der Waals surface area contributed by atoms with Crippen LogP contribution in [-0.4, -0.2) is 43.0 Å². The third-order valence-electron chi connectivity index (χ3n) is 4.63. The fourth-order valence-electron chi connectivity index (χ4n) is 3.22. The second kappa shape index (κ2) is 6.38. The normalized spacial score (nSPS) is 21.1. The van der Waals surface area contributed by atoms with E-state index in [0.717, 1.165) is 18.6 Å². The molecule has 1 N–H and O–H groups in total. The van der Waals surface area contributed by atoms with E-state index in [-0.39, 0.29) is 23.7 Å². The maximum atomic E-state index is 12.3. The monoisotopic (exact) mass is 302 g/mol. The molecule has 1 fully saturated rings. The molecule has 2 amide bonds. The van der Waals surface area contributed by atoms with Crippen molar-refractivity contribution in [3.05, 3.63) is 29.8 Å². The molecule has 0 saturated carbocycles. The van der Waals surface area contributed by atoms with Gasteiger partial charge in [-0.1, -0.05) is 18.2 Å². The number of carbonyl (C=O) groups is 2. The van der Waals surface area contributed by atoms with E-state index in [1.165, 1.54) is 5.56 Å². The van der Waals surface area contributed by atoms with Crippen molar-refractivity contribution in [2.45, 2.75) is 25.7 Å². The topological polar surface area (TPSA) is 58.6 Å². The fraction of sp³-hybridized carbons (Fsp3) is 0.529. The molecule has 1 atom stereocenters. The highest BCUT2D eigenvalue weighted by Crippen LogP contribution is 2.32. The van der Waals surface area contributed by atoms with Gasteiger partial charge in [-0.05, 0) is 18.9 Å². The Morgan fingerprint density at radius 3 is 2.73 bits per heavy atom. The summed E-state index contributed by atoms with van der Waals surface area (Å²) in [6, 6.07) is 7.99. The maximum absolute atomic E-state index is 12.3. The van der Waals surface area contributed by atoms with Crippen molar-refractivity contribution in [1.82, 2.24) is 10.2 Å². The van der Waals surface area contributed by atoms with Crippen molar-refractivity contribution in [1.29, 1.82) is 0 Å². The van der Waals surface area contributed by atoms with Crippen LogP contribution in [0.4, 0.5) is 0 Å². The van der Waals surface area contributed by atoms with E-state index in [4.69, 9.17) is 4.74 Å². The van der Waals surface area contributed by atoms with E-state index in [2.05, 4.69) is 11.4 Å². The highest BCUT2D eigenvalue weighted by atomic mass is 16.5. The van der Waals surface area contributed by atoms with Crippen LogP contribution in [0.1, 0.15) is 31.2 Å². The Hall–Kier alpha value is -2.04. The number of rotatable bonds is 3. The zero-order valence-corrected chi connectivity index (χ0v) is 12.9. The number of ether oxygens (including phenoxy) is 1. The van der Waals surface area contributed by atoms with Gasteiger partial charge in [-0.3, -0.25) is 9.59 Å². The molecule has 0 aromatic heterocycles. The first-order valence-corrected chi connectivity index (χ1v) is 7.90. The van der Waals surface area contributed by atoms with Gasteiger partial charge in [0.2, 0.25) is 11.8 Å². The molecule has 1 unspecified atom stereocenters. The number of nitrogens with zero attached hydrogens (tertiary/aromatic N) is 1. The van der Waals surface area contributed by atoms with Gasteiger partial charge in [-0.2, -0.15) is 0 Å². The Morgan fingerprint density at radius 2 is 2.00 bits per heavy atom. The average molecular weight is 302 g/mol. The number of benzene rings is 1. The molecule has 1 saturated heterocycles. The van der Waals surface area contributed by atoms with Crippen molar-refractivity contribution in [2.75, 3.05) is 26.2 Å². The lowest BCUT2D eigenvalue weighted by atomic mass is 9.95. The molecular formula is C17H22N2O3. The lowest BCUT2D eigenvalue weighted by molar-refractivity contribution is -0.133. The summed E-state index contributed by atoms with van der Waals surface area (Å²) in [4.78, 5) is 25.4. The second-order valence-corrected chi connectivity index (χ2v) is 6.07. The van der Waals surface area contributed by atoms with E-state index in [0.29, 0.717) is 26.2 Å². The quantitative estimate of drug-likeness (QED) is 0.921. The van der Waals surface area contributed by atoms with Gasteiger partial charge in [0, 0.05) is 44.0 Å². The van der Waals surface area contributed by atoms with Crippen molar-refractivity contribution in [3.63, 3.8) is 0 Å². The van der Waals surface area contributed by atoms with Crippen LogP contribution in [0.15, 0.2) is 24.3 Å². The molecule has 0 spiro atoms. The van der Waals surface area contributed by atoms with Crippen molar-refractivity contribution in [3.8, 4) is 5.75 Å². The van der Waals surface area contributed by atoms with Crippen LogP contribution in [0.5, 0.6) is 5.75 Å². The highest BCUT2D eigenvalue weighted by molar-refractivity contribution is 5.79. The summed E-state index contributed by atoms with van der Waals surface area (Å²) >= 11 is 0. The standard InChI is InChI=1S/C17H22N2O3/c1-12(20)19-8-6-13(7-9-19)17(21)18-10-14-11-22-16-5-3-2-4-15(14)16/h2-5,13-14H,6-11H2,1H3,(H,18,21). The largest absolute Gasteiger partial charge is 0.493 e. The number of hydrogen-bond donors (Lipinski definition) is 1. The molecular weight excluding hydrogens is 280 g/mol. The Labute approximate surface area is 130 Å². The Kier molecular flexibility index (Phi) is 4.32. The van der Waals surface area contributed by atoms with Gasteiger partial charge in [0.05, 0.1) is 6.61 Å². The predicted molar refractivity (Wildman–Crippen MR) is 82.7 cm³/mol. The molecule has 22 heavy (non-hydrogen) atoms. The minimum atomic E-state index is 0.0214. The molecule has 0 radical (unpaired) electrons. The van der Waals surface area contributed by atoms with Gasteiger partial charge in [0.1, 0.15) is 5.75 Å². The summed E-state index contributed by atoms with van der Waals surface area (Å²) in [5.74, 6) is 1.38. The first-order valence-electron chi connectivity index (χ1n) is 7.90. The third-order valence-corrected chi connectivity index (χ3v) is 4.63. The lowest BCUT2D eigenvalue weighted by Crippen LogP contribution is -2.43. The van der Waals surface area contributed by atoms with Crippen molar-refractivity contribution < 1.29 is 14.3 Å². The van der Waals surface area contributed by atoms with Crippen LogP contribution < -0.4 is 10.1 Å². The predicted octanol–water partition coefficient (Wildman–Crippen LogP) is 1.54. The third kappa shape index (κ3) is 3.08. The number of nitrogens with one attached hydrogen (secondary N) is 1. The Bertz CT molecular complexity index is 565. The summed E-state index contributed by atoms with van der Waals surface area (Å²) < 4.78 is 5.63. The summed E-state index contributed by atoms with van der Waals surface area (Å²) in [6.45, 7) is 4.19. The van der Waals surface area contributed by atoms with Gasteiger partial charge in [0.25, 0.3) is 0 Å². The van der Waals surface area contributed by atoms with Gasteiger partial charge in [0.15, 0.2) is 0 Å². The molecule has 5 heteroatoms. The summed E-state index contributed by atoms with van der Waals surface area (Å²) in [5.41, 5.74) is 1.18. The van der Waals surface area contributed by atoms with E-state index in [1.807, 2.05) is 23.1 Å². The molecule has 0 aliphatic carbocycles. The van der Waals surface area contributed by atoms with Crippen molar-refractivity contribution >= 4 is 11.8 Å². The second-order valence-electron chi connectivity index (χ2n) is 6.07. The molecule has 118 valence electrons. The summed E-state index contributed by atoms with van der Waals surface area (Å²) in [6.07, 6.45) is 1.51. The molecule has 1 aromatic carbocycles. The van der Waals surface area contributed by atoms with Crippen LogP contribution >= 0.6 is 0 Å². The van der Waals surface area contributed by atoms with Crippen molar-refractivity contribution in [2.24, 2.45) is 5.92 Å². The smallest absolute Gasteiger partial charge is 0.223 e. The van der Waals surface area contributed by atoms with Crippen LogP contribution in [0.25, 0.3) is 0 Å². The number of para-hydroxylation sites is 1. The molecule has 1 aromatic rings. The zero-order valence-electron chi connectivity index (χ0n) is 12.9. The number of amides is 2. The summed E-state index contributed by atoms with van der Waals surface area (Å²) in [5, 5.41) is 3.06. The van der Waals surface area contributed by atoms with E-state index in [1.54, 1.807) is 6.92 Å². The van der Waals surface area contributed by atoms with E-state index >= 15 is 0 Å². The molecule has 0 bridgehead atoms. The molecule has 2 heterocycles. The molecule has 2 aliphatic rings. The van der Waals surface area contributed by atoms with Gasteiger partial charge in [-0.25, -0.2) is 0 Å². The maximum Gasteiger partial charge on any atom is 0.223 e. The van der Waals surface area contributed by atoms with Crippen LogP contribution in [0.3, 0.4) is 0 Å². The SMILES string of the molecule is CC(=O)N1CCC(C(=O)NCC2COc3ccccc32)CC1. The van der Waals surface area contributed by atoms with Crippen LogP contribution in [0, 0.1) is 5.92 Å². The van der Waals surface area contributed by atoms with Gasteiger partial charge in [-0.15, -0.1) is 0 Å². The molecule has 2 aliphatic heterocycles.